The summed E-state index contributed by atoms with van der Waals surface area (Å²) in [5.41, 5.74) is 0.883. The molecule has 0 amide bonds. The van der Waals surface area contributed by atoms with Crippen molar-refractivity contribution in [1.29, 1.82) is 0 Å². The minimum atomic E-state index is -0.729. The van der Waals surface area contributed by atoms with Crippen molar-refractivity contribution in [2.45, 2.75) is 20.0 Å². The summed E-state index contributed by atoms with van der Waals surface area (Å²) in [5.74, 6) is -0.338. The maximum Gasteiger partial charge on any atom is 0.126 e. The maximum absolute atomic E-state index is 12.9. The number of hydrogen-bond donors (Lipinski definition) is 1. The third kappa shape index (κ3) is 1.59. The van der Waals surface area contributed by atoms with E-state index in [9.17, 15) is 9.50 Å². The third-order valence-corrected chi connectivity index (χ3v) is 2.14. The predicted molar refractivity (Wildman–Crippen MR) is 46.8 cm³/mol. The fourth-order valence-electron chi connectivity index (χ4n) is 1.18. The van der Waals surface area contributed by atoms with E-state index in [0.717, 1.165) is 0 Å². The van der Waals surface area contributed by atoms with Crippen molar-refractivity contribution in [2.75, 3.05) is 0 Å². The lowest BCUT2D eigenvalue weighted by molar-refractivity contribution is 0.198. The zero-order valence-corrected chi connectivity index (χ0v) is 7.69. The van der Waals surface area contributed by atoms with E-state index < -0.39 is 6.10 Å². The summed E-state index contributed by atoms with van der Waals surface area (Å²) in [6, 6.07) is 2.75. The molecule has 0 saturated heterocycles. The van der Waals surface area contributed by atoms with Crippen LogP contribution in [0.1, 0.15) is 24.2 Å². The molecule has 1 atom stereocenters. The smallest absolute Gasteiger partial charge is 0.126 e. The zero-order valence-electron chi connectivity index (χ0n) is 6.94. The third-order valence-electron chi connectivity index (χ3n) is 1.81. The van der Waals surface area contributed by atoms with Gasteiger partial charge in [-0.25, -0.2) is 4.39 Å². The van der Waals surface area contributed by atoms with Crippen molar-refractivity contribution >= 4 is 11.6 Å². The molecule has 0 saturated carbocycles. The van der Waals surface area contributed by atoms with E-state index in [1.54, 1.807) is 13.8 Å². The summed E-state index contributed by atoms with van der Waals surface area (Å²) in [6.45, 7) is 3.16. The van der Waals surface area contributed by atoms with Crippen LogP contribution in [0.2, 0.25) is 5.02 Å². The summed E-state index contributed by atoms with van der Waals surface area (Å²) in [5, 5.41) is 9.67. The van der Waals surface area contributed by atoms with Crippen molar-refractivity contribution in [3.63, 3.8) is 0 Å². The predicted octanol–water partition coefficient (Wildman–Crippen LogP) is 2.84. The second kappa shape index (κ2) is 3.42. The number of benzene rings is 1. The van der Waals surface area contributed by atoms with Gasteiger partial charge in [-0.2, -0.15) is 0 Å². The SMILES string of the molecule is Cc1c(F)ccc(Cl)c1C(C)O. The lowest BCUT2D eigenvalue weighted by atomic mass is 10.0. The molecular weight excluding hydrogens is 179 g/mol. The van der Waals surface area contributed by atoms with Gasteiger partial charge in [-0.3, -0.25) is 0 Å². The first-order chi connectivity index (χ1) is 5.54. The molecular formula is C9H10ClFO. The molecule has 0 bridgehead atoms. The highest BCUT2D eigenvalue weighted by atomic mass is 35.5. The Morgan fingerprint density at radius 2 is 2.08 bits per heavy atom. The van der Waals surface area contributed by atoms with Crippen molar-refractivity contribution in [2.24, 2.45) is 0 Å². The molecule has 3 heteroatoms. The number of hydrogen-bond acceptors (Lipinski definition) is 1. The van der Waals surface area contributed by atoms with E-state index >= 15 is 0 Å². The molecule has 1 aromatic carbocycles. The number of aliphatic hydroxyl groups is 1. The topological polar surface area (TPSA) is 20.2 Å². The highest BCUT2D eigenvalue weighted by Gasteiger charge is 2.12. The molecule has 0 radical (unpaired) electrons. The van der Waals surface area contributed by atoms with Gasteiger partial charge < -0.3 is 5.11 Å². The van der Waals surface area contributed by atoms with Gasteiger partial charge in [-0.05, 0) is 31.5 Å². The fraction of sp³-hybridized carbons (Fsp3) is 0.333. The van der Waals surface area contributed by atoms with Crippen LogP contribution < -0.4 is 0 Å². The van der Waals surface area contributed by atoms with Gasteiger partial charge in [0.2, 0.25) is 0 Å². The van der Waals surface area contributed by atoms with Crippen LogP contribution in [0.15, 0.2) is 12.1 Å². The number of halogens is 2. The van der Waals surface area contributed by atoms with Crippen LogP contribution in [0.3, 0.4) is 0 Å². The Kier molecular flexibility index (Phi) is 2.70. The Morgan fingerprint density at radius 3 is 2.50 bits per heavy atom. The summed E-state index contributed by atoms with van der Waals surface area (Å²) in [7, 11) is 0. The van der Waals surface area contributed by atoms with Crippen LogP contribution in [0.25, 0.3) is 0 Å². The Bertz CT molecular complexity index is 297. The average molecular weight is 189 g/mol. The van der Waals surface area contributed by atoms with Crippen molar-refractivity contribution in [1.82, 2.24) is 0 Å². The normalized spacial score (nSPS) is 13.1. The van der Waals surface area contributed by atoms with Gasteiger partial charge in [0, 0.05) is 10.6 Å². The Labute approximate surface area is 75.8 Å². The highest BCUT2D eigenvalue weighted by Crippen LogP contribution is 2.27. The Hall–Kier alpha value is -0.600. The summed E-state index contributed by atoms with van der Waals surface area (Å²) < 4.78 is 12.9. The van der Waals surface area contributed by atoms with Crippen molar-refractivity contribution in [3.05, 3.63) is 34.1 Å². The minimum absolute atomic E-state index is 0.338. The van der Waals surface area contributed by atoms with E-state index in [0.29, 0.717) is 16.1 Å². The van der Waals surface area contributed by atoms with Crippen LogP contribution in [0.4, 0.5) is 4.39 Å². The first-order valence-corrected chi connectivity index (χ1v) is 4.04. The molecule has 0 heterocycles. The lowest BCUT2D eigenvalue weighted by Crippen LogP contribution is -1.98. The molecule has 0 spiro atoms. The standard InChI is InChI=1S/C9H10ClFO/c1-5-8(11)4-3-7(10)9(5)6(2)12/h3-4,6,12H,1-2H3. The molecule has 0 fully saturated rings. The van der Waals surface area contributed by atoms with Crippen LogP contribution in [-0.2, 0) is 0 Å². The average Bonchev–Trinajstić information content (AvgIpc) is 1.97. The van der Waals surface area contributed by atoms with Gasteiger partial charge in [-0.1, -0.05) is 11.6 Å². The first-order valence-electron chi connectivity index (χ1n) is 3.66. The summed E-state index contributed by atoms with van der Waals surface area (Å²) in [6.07, 6.45) is -0.729. The fourth-order valence-corrected chi connectivity index (χ4v) is 1.54. The first kappa shape index (κ1) is 9.49. The van der Waals surface area contributed by atoms with E-state index in [1.807, 2.05) is 0 Å². The second-order valence-corrected chi connectivity index (χ2v) is 3.15. The minimum Gasteiger partial charge on any atom is -0.389 e. The molecule has 0 aromatic heterocycles. The van der Waals surface area contributed by atoms with Gasteiger partial charge in [0.05, 0.1) is 6.10 Å². The quantitative estimate of drug-likeness (QED) is 0.719. The van der Waals surface area contributed by atoms with Gasteiger partial charge in [0.25, 0.3) is 0 Å². The molecule has 0 aliphatic rings. The van der Waals surface area contributed by atoms with E-state index in [-0.39, 0.29) is 5.82 Å². The van der Waals surface area contributed by atoms with Crippen LogP contribution in [0, 0.1) is 12.7 Å². The van der Waals surface area contributed by atoms with Gasteiger partial charge in [0.15, 0.2) is 0 Å². The molecule has 0 aliphatic carbocycles. The Balaban J connectivity index is 3.33. The second-order valence-electron chi connectivity index (χ2n) is 2.74. The lowest BCUT2D eigenvalue weighted by Gasteiger charge is -2.11. The molecule has 66 valence electrons. The number of aliphatic hydroxyl groups excluding tert-OH is 1. The highest BCUT2D eigenvalue weighted by molar-refractivity contribution is 6.31. The van der Waals surface area contributed by atoms with Gasteiger partial charge >= 0.3 is 0 Å². The van der Waals surface area contributed by atoms with E-state index in [1.165, 1.54) is 12.1 Å². The Morgan fingerprint density at radius 1 is 1.50 bits per heavy atom. The molecule has 1 nitrogen and oxygen atoms in total. The molecule has 1 N–H and O–H groups in total. The monoisotopic (exact) mass is 188 g/mol. The molecule has 1 unspecified atom stereocenters. The number of rotatable bonds is 1. The molecule has 0 aliphatic heterocycles. The van der Waals surface area contributed by atoms with Crippen molar-refractivity contribution in [3.8, 4) is 0 Å². The summed E-state index contributed by atoms with van der Waals surface area (Å²) in [4.78, 5) is 0. The van der Waals surface area contributed by atoms with E-state index in [2.05, 4.69) is 0 Å². The molecule has 1 rings (SSSR count). The van der Waals surface area contributed by atoms with Gasteiger partial charge in [0.1, 0.15) is 5.82 Å². The maximum atomic E-state index is 12.9. The van der Waals surface area contributed by atoms with Crippen LogP contribution in [0.5, 0.6) is 0 Å². The largest absolute Gasteiger partial charge is 0.389 e. The van der Waals surface area contributed by atoms with Crippen molar-refractivity contribution < 1.29 is 9.50 Å². The molecule has 12 heavy (non-hydrogen) atoms. The van der Waals surface area contributed by atoms with Crippen LogP contribution in [-0.4, -0.2) is 5.11 Å². The molecule has 1 aromatic rings. The zero-order chi connectivity index (χ0) is 9.30. The van der Waals surface area contributed by atoms with Crippen LogP contribution >= 0.6 is 11.6 Å². The summed E-state index contributed by atoms with van der Waals surface area (Å²) >= 11 is 5.77. The van der Waals surface area contributed by atoms with E-state index in [4.69, 9.17) is 11.6 Å². The van der Waals surface area contributed by atoms with Gasteiger partial charge in [-0.15, -0.1) is 0 Å².